The van der Waals surface area contributed by atoms with E-state index in [2.05, 4.69) is 40.1 Å². The van der Waals surface area contributed by atoms with Crippen LogP contribution in [-0.4, -0.2) is 11.5 Å². The molecular weight excluding hydrogens is 327 g/mol. The van der Waals surface area contributed by atoms with Gasteiger partial charge in [-0.3, -0.25) is 0 Å². The van der Waals surface area contributed by atoms with Crippen molar-refractivity contribution in [2.24, 2.45) is 0 Å². The maximum absolute atomic E-state index is 13.4. The number of hydrogen-bond acceptors (Lipinski definition) is 3. The molecule has 0 spiro atoms. The van der Waals surface area contributed by atoms with Gasteiger partial charge < -0.3 is 5.32 Å². The minimum Gasteiger partial charge on any atom is -0.310 e. The molecule has 19 heavy (non-hydrogen) atoms. The third-order valence-electron chi connectivity index (χ3n) is 2.85. The Balaban J connectivity index is 2.38. The lowest BCUT2D eigenvalue weighted by Crippen LogP contribution is -2.17. The van der Waals surface area contributed by atoms with Crippen molar-refractivity contribution in [3.8, 4) is 10.6 Å². The molecule has 0 radical (unpaired) electrons. The summed E-state index contributed by atoms with van der Waals surface area (Å²) in [7, 11) is 0. The van der Waals surface area contributed by atoms with E-state index in [1.54, 1.807) is 11.3 Å². The van der Waals surface area contributed by atoms with Gasteiger partial charge >= 0.3 is 0 Å². The highest BCUT2D eigenvalue weighted by molar-refractivity contribution is 9.10. The Bertz CT molecular complexity index is 563. The summed E-state index contributed by atoms with van der Waals surface area (Å²) >= 11 is 4.93. The zero-order valence-electron chi connectivity index (χ0n) is 11.1. The van der Waals surface area contributed by atoms with Crippen LogP contribution in [0.1, 0.15) is 30.5 Å². The molecule has 0 aliphatic carbocycles. The van der Waals surface area contributed by atoms with Gasteiger partial charge in [0.25, 0.3) is 0 Å². The molecule has 1 N–H and O–H groups in total. The first-order valence-electron chi connectivity index (χ1n) is 6.18. The van der Waals surface area contributed by atoms with E-state index >= 15 is 0 Å². The third-order valence-corrected chi connectivity index (χ3v) is 4.69. The van der Waals surface area contributed by atoms with Gasteiger partial charge in [0.15, 0.2) is 0 Å². The molecule has 1 heterocycles. The van der Waals surface area contributed by atoms with Crippen LogP contribution < -0.4 is 5.32 Å². The summed E-state index contributed by atoms with van der Waals surface area (Å²) in [6, 6.07) is 5.13. The Kier molecular flexibility index (Phi) is 4.71. The molecule has 1 atom stereocenters. The maximum Gasteiger partial charge on any atom is 0.125 e. The Morgan fingerprint density at radius 2 is 2.16 bits per heavy atom. The first kappa shape index (κ1) is 14.6. The van der Waals surface area contributed by atoms with Gasteiger partial charge in [-0.1, -0.05) is 22.9 Å². The lowest BCUT2D eigenvalue weighted by molar-refractivity contribution is 0.603. The molecule has 0 fully saturated rings. The Labute approximate surface area is 125 Å². The maximum atomic E-state index is 13.4. The number of aryl methyl sites for hydroxylation is 1. The molecule has 0 saturated heterocycles. The Morgan fingerprint density at radius 3 is 2.79 bits per heavy atom. The molecule has 2 aromatic rings. The van der Waals surface area contributed by atoms with E-state index in [1.165, 1.54) is 17.0 Å². The van der Waals surface area contributed by atoms with E-state index in [9.17, 15) is 4.39 Å². The van der Waals surface area contributed by atoms with E-state index in [0.717, 1.165) is 27.3 Å². The van der Waals surface area contributed by atoms with Gasteiger partial charge in [-0.05, 0) is 38.6 Å². The first-order valence-corrected chi connectivity index (χ1v) is 7.79. The molecule has 0 aliphatic heterocycles. The molecule has 0 aliphatic rings. The number of rotatable bonds is 4. The summed E-state index contributed by atoms with van der Waals surface area (Å²) < 4.78 is 14.2. The summed E-state index contributed by atoms with van der Waals surface area (Å²) in [5.41, 5.74) is 1.82. The Morgan fingerprint density at radius 1 is 1.42 bits per heavy atom. The average Bonchev–Trinajstić information content (AvgIpc) is 2.70. The molecule has 1 aromatic heterocycles. The van der Waals surface area contributed by atoms with Crippen molar-refractivity contribution in [3.63, 3.8) is 0 Å². The van der Waals surface area contributed by atoms with Gasteiger partial charge in [0.1, 0.15) is 10.8 Å². The van der Waals surface area contributed by atoms with Crippen LogP contribution in [-0.2, 0) is 0 Å². The summed E-state index contributed by atoms with van der Waals surface area (Å²) in [4.78, 5) is 5.76. The highest BCUT2D eigenvalue weighted by atomic mass is 79.9. The number of aromatic nitrogens is 1. The lowest BCUT2D eigenvalue weighted by atomic mass is 10.2. The second-order valence-electron chi connectivity index (χ2n) is 4.41. The van der Waals surface area contributed by atoms with Gasteiger partial charge in [0, 0.05) is 21.0 Å². The van der Waals surface area contributed by atoms with Crippen molar-refractivity contribution in [2.45, 2.75) is 26.8 Å². The Hall–Kier alpha value is -0.780. The van der Waals surface area contributed by atoms with E-state index in [-0.39, 0.29) is 11.9 Å². The normalized spacial score (nSPS) is 12.7. The summed E-state index contributed by atoms with van der Waals surface area (Å²) in [5, 5.41) is 4.24. The molecular formula is C14H16BrFN2S. The van der Waals surface area contributed by atoms with Gasteiger partial charge in [-0.25, -0.2) is 9.37 Å². The molecule has 5 heteroatoms. The highest BCUT2D eigenvalue weighted by Crippen LogP contribution is 2.33. The molecule has 2 nitrogen and oxygen atoms in total. The highest BCUT2D eigenvalue weighted by Gasteiger charge is 2.15. The molecule has 2 rings (SSSR count). The molecule has 0 amide bonds. The molecule has 102 valence electrons. The topological polar surface area (TPSA) is 24.9 Å². The van der Waals surface area contributed by atoms with Crippen LogP contribution in [0.15, 0.2) is 22.7 Å². The van der Waals surface area contributed by atoms with Crippen molar-refractivity contribution in [2.75, 3.05) is 6.54 Å². The number of halogens is 2. The number of hydrogen-bond donors (Lipinski definition) is 1. The minimum absolute atomic E-state index is 0.251. The lowest BCUT2D eigenvalue weighted by Gasteiger charge is -2.09. The second kappa shape index (κ2) is 6.11. The fourth-order valence-electron chi connectivity index (χ4n) is 2.01. The van der Waals surface area contributed by atoms with Crippen LogP contribution >= 0.6 is 27.3 Å². The minimum atomic E-state index is -0.251. The van der Waals surface area contributed by atoms with Gasteiger partial charge in [-0.2, -0.15) is 0 Å². The molecule has 1 unspecified atom stereocenters. The van der Waals surface area contributed by atoms with E-state index < -0.39 is 0 Å². The fourth-order valence-corrected chi connectivity index (χ4v) is 3.55. The average molecular weight is 343 g/mol. The fraction of sp³-hybridized carbons (Fsp3) is 0.357. The van der Waals surface area contributed by atoms with Crippen molar-refractivity contribution in [3.05, 3.63) is 39.1 Å². The number of thiazole rings is 1. The quantitative estimate of drug-likeness (QED) is 0.871. The molecule has 0 bridgehead atoms. The van der Waals surface area contributed by atoms with Gasteiger partial charge in [0.05, 0.1) is 5.69 Å². The van der Waals surface area contributed by atoms with Crippen molar-refractivity contribution < 1.29 is 4.39 Å². The number of nitrogens with zero attached hydrogens (tertiary/aromatic N) is 1. The molecule has 1 aromatic carbocycles. The largest absolute Gasteiger partial charge is 0.310 e. The zero-order valence-corrected chi connectivity index (χ0v) is 13.5. The van der Waals surface area contributed by atoms with Crippen molar-refractivity contribution in [1.29, 1.82) is 0 Å². The van der Waals surface area contributed by atoms with Gasteiger partial charge in [0.2, 0.25) is 0 Å². The van der Waals surface area contributed by atoms with Crippen LogP contribution in [0.5, 0.6) is 0 Å². The van der Waals surface area contributed by atoms with Crippen LogP contribution in [0.25, 0.3) is 10.6 Å². The van der Waals surface area contributed by atoms with E-state index in [4.69, 9.17) is 0 Å². The second-order valence-corrected chi connectivity index (χ2v) is 6.35. The zero-order chi connectivity index (χ0) is 14.0. The predicted octanol–water partition coefficient (Wildman–Crippen LogP) is 4.69. The van der Waals surface area contributed by atoms with E-state index in [1.807, 2.05) is 13.0 Å². The third kappa shape index (κ3) is 3.41. The summed E-state index contributed by atoms with van der Waals surface area (Å²) in [6.45, 7) is 7.11. The number of benzene rings is 1. The van der Waals surface area contributed by atoms with Crippen molar-refractivity contribution in [1.82, 2.24) is 10.3 Å². The van der Waals surface area contributed by atoms with Crippen LogP contribution in [0.3, 0.4) is 0 Å². The standard InChI is InChI=1S/C14H16BrFN2S/c1-4-17-8(2)13-9(3)18-14(19-13)10-5-11(15)7-12(16)6-10/h5-8,17H,4H2,1-3H3. The SMILES string of the molecule is CCNC(C)c1sc(-c2cc(F)cc(Br)c2)nc1C. The smallest absolute Gasteiger partial charge is 0.125 e. The first-order chi connectivity index (χ1) is 9.01. The molecule has 0 saturated carbocycles. The number of nitrogens with one attached hydrogen (secondary N) is 1. The van der Waals surface area contributed by atoms with E-state index in [0.29, 0.717) is 0 Å². The predicted molar refractivity (Wildman–Crippen MR) is 82.0 cm³/mol. The monoisotopic (exact) mass is 342 g/mol. The van der Waals surface area contributed by atoms with Gasteiger partial charge in [-0.15, -0.1) is 11.3 Å². The summed E-state index contributed by atoms with van der Waals surface area (Å²) in [6.07, 6.45) is 0. The van der Waals surface area contributed by atoms with Crippen LogP contribution in [0.2, 0.25) is 0 Å². The van der Waals surface area contributed by atoms with Crippen LogP contribution in [0, 0.1) is 12.7 Å². The van der Waals surface area contributed by atoms with Crippen molar-refractivity contribution >= 4 is 27.3 Å². The summed E-state index contributed by atoms with van der Waals surface area (Å²) in [5.74, 6) is -0.251. The van der Waals surface area contributed by atoms with Crippen LogP contribution in [0.4, 0.5) is 4.39 Å².